The number of piperazine rings is 1. The highest BCUT2D eigenvalue weighted by molar-refractivity contribution is 5.46. The van der Waals surface area contributed by atoms with Gasteiger partial charge in [0.1, 0.15) is 5.82 Å². The van der Waals surface area contributed by atoms with Gasteiger partial charge in [-0.25, -0.2) is 4.39 Å². The lowest BCUT2D eigenvalue weighted by atomic mass is 9.94. The quantitative estimate of drug-likeness (QED) is 0.780. The summed E-state index contributed by atoms with van der Waals surface area (Å²) in [7, 11) is 0. The van der Waals surface area contributed by atoms with Gasteiger partial charge >= 0.3 is 0 Å². The van der Waals surface area contributed by atoms with Crippen LogP contribution in [0.1, 0.15) is 19.3 Å². The molecule has 108 valence electrons. The van der Waals surface area contributed by atoms with Gasteiger partial charge in [-0.05, 0) is 49.4 Å². The molecule has 3 rings (SSSR count). The summed E-state index contributed by atoms with van der Waals surface area (Å²) in [5, 5.41) is 0. The molecule has 0 saturated carbocycles. The molecular formula is C17H23FN2. The molecule has 2 aliphatic rings. The molecule has 0 spiro atoms. The fourth-order valence-electron chi connectivity index (χ4n) is 3.23. The Morgan fingerprint density at radius 3 is 2.40 bits per heavy atom. The monoisotopic (exact) mass is 274 g/mol. The first-order valence-electron chi connectivity index (χ1n) is 7.69. The lowest BCUT2D eigenvalue weighted by Crippen LogP contribution is -2.47. The Hall–Kier alpha value is -1.35. The van der Waals surface area contributed by atoms with E-state index < -0.39 is 0 Å². The van der Waals surface area contributed by atoms with Gasteiger partial charge < -0.3 is 4.90 Å². The third kappa shape index (κ3) is 3.40. The van der Waals surface area contributed by atoms with Gasteiger partial charge in [0.2, 0.25) is 0 Å². The van der Waals surface area contributed by atoms with Crippen LogP contribution in [0.25, 0.3) is 0 Å². The van der Waals surface area contributed by atoms with Gasteiger partial charge in [-0.1, -0.05) is 12.2 Å². The van der Waals surface area contributed by atoms with E-state index in [0.29, 0.717) is 0 Å². The molecule has 2 nitrogen and oxygen atoms in total. The van der Waals surface area contributed by atoms with Crippen molar-refractivity contribution in [3.05, 3.63) is 42.2 Å². The second kappa shape index (κ2) is 6.40. The standard InChI is InChI=1S/C17H23FN2/c18-16-6-8-17(9-7-16)20-12-10-19(11-13-20)14-15-4-2-1-3-5-15/h1-2,6-9,15H,3-5,10-14H2. The number of rotatable bonds is 3. The van der Waals surface area contributed by atoms with Crippen LogP contribution in [0.4, 0.5) is 10.1 Å². The predicted molar refractivity (Wildman–Crippen MR) is 81.5 cm³/mol. The van der Waals surface area contributed by atoms with Gasteiger partial charge in [0, 0.05) is 38.4 Å². The molecule has 1 aromatic rings. The summed E-state index contributed by atoms with van der Waals surface area (Å²) in [5.41, 5.74) is 1.15. The number of hydrogen-bond acceptors (Lipinski definition) is 2. The van der Waals surface area contributed by atoms with Gasteiger partial charge in [0.15, 0.2) is 0 Å². The predicted octanol–water partition coefficient (Wildman–Crippen LogP) is 3.30. The fraction of sp³-hybridized carbons (Fsp3) is 0.529. The van der Waals surface area contributed by atoms with E-state index in [2.05, 4.69) is 22.0 Å². The molecule has 0 bridgehead atoms. The van der Waals surface area contributed by atoms with Gasteiger partial charge in [-0.3, -0.25) is 4.90 Å². The zero-order valence-electron chi connectivity index (χ0n) is 12.0. The number of benzene rings is 1. The third-order valence-corrected chi connectivity index (χ3v) is 4.46. The molecule has 3 heteroatoms. The first-order chi connectivity index (χ1) is 9.81. The number of halogens is 1. The van der Waals surface area contributed by atoms with E-state index in [-0.39, 0.29) is 5.82 Å². The van der Waals surface area contributed by atoms with E-state index in [1.54, 1.807) is 12.1 Å². The van der Waals surface area contributed by atoms with Crippen molar-refractivity contribution < 1.29 is 4.39 Å². The second-order valence-corrected chi connectivity index (χ2v) is 5.91. The van der Waals surface area contributed by atoms with Crippen LogP contribution in [0.15, 0.2) is 36.4 Å². The van der Waals surface area contributed by atoms with Crippen molar-refractivity contribution in [2.75, 3.05) is 37.6 Å². The molecule has 20 heavy (non-hydrogen) atoms. The molecule has 1 fully saturated rings. The third-order valence-electron chi connectivity index (χ3n) is 4.46. The molecule has 1 saturated heterocycles. The average molecular weight is 274 g/mol. The van der Waals surface area contributed by atoms with E-state index in [0.717, 1.165) is 37.8 Å². The highest BCUT2D eigenvalue weighted by Crippen LogP contribution is 2.21. The first-order valence-corrected chi connectivity index (χ1v) is 7.69. The van der Waals surface area contributed by atoms with Crippen molar-refractivity contribution in [1.82, 2.24) is 4.90 Å². The molecule has 1 atom stereocenters. The van der Waals surface area contributed by atoms with E-state index in [9.17, 15) is 4.39 Å². The molecular weight excluding hydrogens is 251 g/mol. The Kier molecular flexibility index (Phi) is 4.36. The van der Waals surface area contributed by atoms with Crippen LogP contribution in [0.5, 0.6) is 0 Å². The lowest BCUT2D eigenvalue weighted by Gasteiger charge is -2.37. The van der Waals surface area contributed by atoms with E-state index >= 15 is 0 Å². The summed E-state index contributed by atoms with van der Waals surface area (Å²) >= 11 is 0. The van der Waals surface area contributed by atoms with E-state index in [1.807, 2.05) is 12.1 Å². The zero-order valence-corrected chi connectivity index (χ0v) is 12.0. The molecule has 0 aromatic heterocycles. The molecule has 1 aliphatic carbocycles. The summed E-state index contributed by atoms with van der Waals surface area (Å²) in [6.45, 7) is 5.58. The Labute approximate surface area is 120 Å². The summed E-state index contributed by atoms with van der Waals surface area (Å²) < 4.78 is 12.9. The van der Waals surface area contributed by atoms with Crippen LogP contribution in [0.3, 0.4) is 0 Å². The Morgan fingerprint density at radius 1 is 1.00 bits per heavy atom. The molecule has 1 aromatic carbocycles. The van der Waals surface area contributed by atoms with Gasteiger partial charge in [0.25, 0.3) is 0 Å². The van der Waals surface area contributed by atoms with Crippen molar-refractivity contribution in [2.24, 2.45) is 5.92 Å². The number of nitrogens with zero attached hydrogens (tertiary/aromatic N) is 2. The van der Waals surface area contributed by atoms with Gasteiger partial charge in [-0.2, -0.15) is 0 Å². The largest absolute Gasteiger partial charge is 0.369 e. The SMILES string of the molecule is Fc1ccc(N2CCN(CC3CC=CCC3)CC2)cc1. The van der Waals surface area contributed by atoms with Crippen molar-refractivity contribution in [3.63, 3.8) is 0 Å². The maximum absolute atomic E-state index is 12.9. The molecule has 1 unspecified atom stereocenters. The fourth-order valence-corrected chi connectivity index (χ4v) is 3.23. The Balaban J connectivity index is 1.49. The minimum Gasteiger partial charge on any atom is -0.369 e. The van der Waals surface area contributed by atoms with Gasteiger partial charge in [0.05, 0.1) is 0 Å². The maximum atomic E-state index is 12.9. The van der Waals surface area contributed by atoms with Crippen LogP contribution < -0.4 is 4.90 Å². The molecule has 0 N–H and O–H groups in total. The Bertz CT molecular complexity index is 447. The summed E-state index contributed by atoms with van der Waals surface area (Å²) in [6.07, 6.45) is 8.49. The van der Waals surface area contributed by atoms with Crippen molar-refractivity contribution in [2.45, 2.75) is 19.3 Å². The smallest absolute Gasteiger partial charge is 0.123 e. The number of anilines is 1. The van der Waals surface area contributed by atoms with Crippen molar-refractivity contribution in [3.8, 4) is 0 Å². The lowest BCUT2D eigenvalue weighted by molar-refractivity contribution is 0.211. The summed E-state index contributed by atoms with van der Waals surface area (Å²) in [6, 6.07) is 6.87. The number of hydrogen-bond donors (Lipinski definition) is 0. The Morgan fingerprint density at radius 2 is 1.75 bits per heavy atom. The molecule has 0 amide bonds. The van der Waals surface area contributed by atoms with Gasteiger partial charge in [-0.15, -0.1) is 0 Å². The molecule has 0 radical (unpaired) electrons. The van der Waals surface area contributed by atoms with Crippen LogP contribution >= 0.6 is 0 Å². The molecule has 1 aliphatic heterocycles. The van der Waals surface area contributed by atoms with Crippen LogP contribution in [0, 0.1) is 11.7 Å². The van der Waals surface area contributed by atoms with E-state index in [4.69, 9.17) is 0 Å². The molecule has 1 heterocycles. The van der Waals surface area contributed by atoms with Crippen molar-refractivity contribution >= 4 is 5.69 Å². The normalized spacial score (nSPS) is 24.1. The minimum atomic E-state index is -0.155. The van der Waals surface area contributed by atoms with Crippen LogP contribution in [-0.2, 0) is 0 Å². The minimum absolute atomic E-state index is 0.155. The topological polar surface area (TPSA) is 6.48 Å². The van der Waals surface area contributed by atoms with Crippen LogP contribution in [-0.4, -0.2) is 37.6 Å². The first kappa shape index (κ1) is 13.6. The zero-order chi connectivity index (χ0) is 13.8. The van der Waals surface area contributed by atoms with E-state index in [1.165, 1.54) is 25.8 Å². The maximum Gasteiger partial charge on any atom is 0.123 e. The van der Waals surface area contributed by atoms with Crippen molar-refractivity contribution in [1.29, 1.82) is 0 Å². The number of allylic oxidation sites excluding steroid dienone is 2. The summed E-state index contributed by atoms with van der Waals surface area (Å²) in [4.78, 5) is 4.95. The highest BCUT2D eigenvalue weighted by atomic mass is 19.1. The van der Waals surface area contributed by atoms with Crippen LogP contribution in [0.2, 0.25) is 0 Å². The highest BCUT2D eigenvalue weighted by Gasteiger charge is 2.20. The average Bonchev–Trinajstić information content (AvgIpc) is 2.50. The second-order valence-electron chi connectivity index (χ2n) is 5.91. The summed E-state index contributed by atoms with van der Waals surface area (Å²) in [5.74, 6) is 0.690.